The van der Waals surface area contributed by atoms with E-state index in [9.17, 15) is 15.3 Å². The van der Waals surface area contributed by atoms with Crippen LogP contribution in [0.4, 0.5) is 0 Å². The van der Waals surface area contributed by atoms with Gasteiger partial charge in [0.05, 0.1) is 6.61 Å². The number of ether oxygens (including phenoxy) is 1. The fourth-order valence-electron chi connectivity index (χ4n) is 2.03. The summed E-state index contributed by atoms with van der Waals surface area (Å²) in [6.07, 6.45) is -5.67. The van der Waals surface area contributed by atoms with E-state index in [1.165, 1.54) is 0 Å². The minimum absolute atomic E-state index is 0.435. The molecule has 1 aromatic carbocycles. The van der Waals surface area contributed by atoms with Gasteiger partial charge in [0.1, 0.15) is 30.5 Å². The van der Waals surface area contributed by atoms with Gasteiger partial charge in [0.25, 0.3) is 0 Å². The number of benzene rings is 1. The SMILES string of the molecule is OCC1O[C@@H](c2ccc(Cl)cc2)[C@H](O)[C@@H](O)[C@@H]1O. The van der Waals surface area contributed by atoms with E-state index in [0.717, 1.165) is 0 Å². The number of halogens is 1. The molecule has 0 amide bonds. The molecule has 1 aliphatic rings. The summed E-state index contributed by atoms with van der Waals surface area (Å²) in [5.74, 6) is 0. The summed E-state index contributed by atoms with van der Waals surface area (Å²) in [7, 11) is 0. The number of hydrogen-bond acceptors (Lipinski definition) is 5. The molecule has 1 aliphatic heterocycles. The van der Waals surface area contributed by atoms with Crippen molar-refractivity contribution < 1.29 is 25.2 Å². The minimum atomic E-state index is -1.36. The molecular formula is C12H15ClO5. The van der Waals surface area contributed by atoms with Crippen LogP contribution in [0.25, 0.3) is 0 Å². The van der Waals surface area contributed by atoms with Gasteiger partial charge in [0, 0.05) is 5.02 Å². The molecule has 5 nitrogen and oxygen atoms in total. The third-order valence-corrected chi connectivity index (χ3v) is 3.34. The summed E-state index contributed by atoms with van der Waals surface area (Å²) in [6, 6.07) is 6.60. The van der Waals surface area contributed by atoms with Gasteiger partial charge in [-0.2, -0.15) is 0 Å². The van der Waals surface area contributed by atoms with Crippen molar-refractivity contribution in [2.75, 3.05) is 6.61 Å². The molecule has 0 saturated carbocycles. The van der Waals surface area contributed by atoms with E-state index in [1.807, 2.05) is 0 Å². The maximum absolute atomic E-state index is 9.89. The molecule has 5 atom stereocenters. The zero-order valence-electron chi connectivity index (χ0n) is 9.48. The summed E-state index contributed by atoms with van der Waals surface area (Å²) in [5, 5.41) is 38.8. The first-order valence-electron chi connectivity index (χ1n) is 5.60. The maximum Gasteiger partial charge on any atom is 0.113 e. The van der Waals surface area contributed by atoms with Crippen LogP contribution in [0.1, 0.15) is 11.7 Å². The molecule has 100 valence electrons. The Morgan fingerprint density at radius 3 is 2.17 bits per heavy atom. The lowest BCUT2D eigenvalue weighted by Crippen LogP contribution is -2.55. The second kappa shape index (κ2) is 5.52. The monoisotopic (exact) mass is 274 g/mol. The van der Waals surface area contributed by atoms with Crippen molar-refractivity contribution in [3.63, 3.8) is 0 Å². The average Bonchev–Trinajstić information content (AvgIpc) is 2.38. The van der Waals surface area contributed by atoms with Crippen LogP contribution in [0, 0.1) is 0 Å². The van der Waals surface area contributed by atoms with Gasteiger partial charge in [-0.3, -0.25) is 0 Å². The lowest BCUT2D eigenvalue weighted by Gasteiger charge is -2.40. The first kappa shape index (κ1) is 13.7. The average molecular weight is 275 g/mol. The Bertz CT molecular complexity index is 394. The largest absolute Gasteiger partial charge is 0.394 e. The molecule has 1 unspecified atom stereocenters. The molecule has 0 spiro atoms. The standard InChI is InChI=1S/C12H15ClO5/c13-7-3-1-6(2-4-7)12-11(17)10(16)9(15)8(5-14)18-12/h1-4,8-12,14-17H,5H2/t8?,9-,10+,11-,12+/m1/s1. The second-order valence-electron chi connectivity index (χ2n) is 4.30. The Kier molecular flexibility index (Phi) is 4.21. The zero-order chi connectivity index (χ0) is 13.3. The van der Waals surface area contributed by atoms with E-state index < -0.39 is 37.1 Å². The van der Waals surface area contributed by atoms with Crippen LogP contribution in [0.15, 0.2) is 24.3 Å². The van der Waals surface area contributed by atoms with Crippen LogP contribution in [0.3, 0.4) is 0 Å². The van der Waals surface area contributed by atoms with Crippen molar-refractivity contribution in [1.29, 1.82) is 0 Å². The lowest BCUT2D eigenvalue weighted by molar-refractivity contribution is -0.231. The van der Waals surface area contributed by atoms with Crippen molar-refractivity contribution in [2.45, 2.75) is 30.5 Å². The molecule has 18 heavy (non-hydrogen) atoms. The second-order valence-corrected chi connectivity index (χ2v) is 4.74. The third-order valence-electron chi connectivity index (χ3n) is 3.09. The molecular weight excluding hydrogens is 260 g/mol. The van der Waals surface area contributed by atoms with Gasteiger partial charge < -0.3 is 25.2 Å². The van der Waals surface area contributed by atoms with Crippen LogP contribution >= 0.6 is 11.6 Å². The highest BCUT2D eigenvalue weighted by molar-refractivity contribution is 6.30. The highest BCUT2D eigenvalue weighted by atomic mass is 35.5. The van der Waals surface area contributed by atoms with Crippen molar-refractivity contribution in [3.05, 3.63) is 34.9 Å². The molecule has 2 rings (SSSR count). The van der Waals surface area contributed by atoms with Crippen molar-refractivity contribution >= 4 is 11.6 Å². The fourth-order valence-corrected chi connectivity index (χ4v) is 2.16. The number of aliphatic hydroxyl groups excluding tert-OH is 4. The van der Waals surface area contributed by atoms with Crippen molar-refractivity contribution in [3.8, 4) is 0 Å². The smallest absolute Gasteiger partial charge is 0.113 e. The molecule has 0 aliphatic carbocycles. The summed E-state index contributed by atoms with van der Waals surface area (Å²) in [4.78, 5) is 0. The Balaban J connectivity index is 2.24. The van der Waals surface area contributed by atoms with Gasteiger partial charge in [-0.15, -0.1) is 0 Å². The first-order chi connectivity index (χ1) is 8.54. The van der Waals surface area contributed by atoms with Gasteiger partial charge in [-0.25, -0.2) is 0 Å². The third kappa shape index (κ3) is 2.51. The Morgan fingerprint density at radius 1 is 1.00 bits per heavy atom. The van der Waals surface area contributed by atoms with Crippen LogP contribution in [-0.4, -0.2) is 51.4 Å². The summed E-state index contributed by atoms with van der Waals surface area (Å²) in [6.45, 7) is -0.435. The summed E-state index contributed by atoms with van der Waals surface area (Å²) < 4.78 is 5.40. The Morgan fingerprint density at radius 2 is 1.61 bits per heavy atom. The fraction of sp³-hybridized carbons (Fsp3) is 0.500. The molecule has 0 radical (unpaired) electrons. The number of rotatable bonds is 2. The van der Waals surface area contributed by atoms with E-state index >= 15 is 0 Å². The predicted octanol–water partition coefficient (Wildman–Crippen LogP) is -0.145. The molecule has 1 fully saturated rings. The topological polar surface area (TPSA) is 90.2 Å². The highest BCUT2D eigenvalue weighted by Gasteiger charge is 2.43. The highest BCUT2D eigenvalue weighted by Crippen LogP contribution is 2.32. The quantitative estimate of drug-likeness (QED) is 0.602. The summed E-state index contributed by atoms with van der Waals surface area (Å²) >= 11 is 5.76. The van der Waals surface area contributed by atoms with E-state index in [4.69, 9.17) is 21.4 Å². The van der Waals surface area contributed by atoms with Crippen molar-refractivity contribution in [2.24, 2.45) is 0 Å². The molecule has 4 N–H and O–H groups in total. The van der Waals surface area contributed by atoms with E-state index in [0.29, 0.717) is 10.6 Å². The van der Waals surface area contributed by atoms with Gasteiger partial charge in [0.2, 0.25) is 0 Å². The normalized spacial score (nSPS) is 36.6. The van der Waals surface area contributed by atoms with E-state index in [2.05, 4.69) is 0 Å². The molecule has 0 aromatic heterocycles. The van der Waals surface area contributed by atoms with Crippen LogP contribution in [0.2, 0.25) is 5.02 Å². The van der Waals surface area contributed by atoms with E-state index in [1.54, 1.807) is 24.3 Å². The van der Waals surface area contributed by atoms with Crippen molar-refractivity contribution in [1.82, 2.24) is 0 Å². The van der Waals surface area contributed by atoms with Crippen LogP contribution in [-0.2, 0) is 4.74 Å². The first-order valence-corrected chi connectivity index (χ1v) is 5.98. The lowest BCUT2D eigenvalue weighted by atomic mass is 9.91. The molecule has 6 heteroatoms. The minimum Gasteiger partial charge on any atom is -0.394 e. The van der Waals surface area contributed by atoms with Crippen LogP contribution < -0.4 is 0 Å². The molecule has 1 aromatic rings. The van der Waals surface area contributed by atoms with E-state index in [-0.39, 0.29) is 0 Å². The molecule has 0 bridgehead atoms. The number of aliphatic hydroxyl groups is 4. The Hall–Kier alpha value is -0.690. The van der Waals surface area contributed by atoms with Gasteiger partial charge in [0.15, 0.2) is 0 Å². The number of hydrogen-bond donors (Lipinski definition) is 4. The predicted molar refractivity (Wildman–Crippen MR) is 64.2 cm³/mol. The maximum atomic E-state index is 9.89. The van der Waals surface area contributed by atoms with Gasteiger partial charge >= 0.3 is 0 Å². The van der Waals surface area contributed by atoms with Crippen LogP contribution in [0.5, 0.6) is 0 Å². The molecule has 1 saturated heterocycles. The Labute approximate surface area is 109 Å². The van der Waals surface area contributed by atoms with Gasteiger partial charge in [-0.1, -0.05) is 23.7 Å². The molecule has 1 heterocycles. The zero-order valence-corrected chi connectivity index (χ0v) is 10.2. The summed E-state index contributed by atoms with van der Waals surface area (Å²) in [5.41, 5.74) is 0.622. The van der Waals surface area contributed by atoms with Gasteiger partial charge in [-0.05, 0) is 17.7 Å².